The second-order valence-corrected chi connectivity index (χ2v) is 9.74. The van der Waals surface area contributed by atoms with Crippen molar-refractivity contribution in [3.8, 4) is 0 Å². The van der Waals surface area contributed by atoms with Crippen molar-refractivity contribution in [2.24, 2.45) is 5.14 Å². The van der Waals surface area contributed by atoms with E-state index in [1.807, 2.05) is 6.92 Å². The average Bonchev–Trinajstić information content (AvgIpc) is 2.55. The maximum Gasteiger partial charge on any atom is 0.253 e. The Morgan fingerprint density at radius 3 is 2.41 bits per heavy atom. The molecular formula is C19H28N2O5S. The van der Waals surface area contributed by atoms with Gasteiger partial charge in [-0.2, -0.15) is 0 Å². The van der Waals surface area contributed by atoms with Gasteiger partial charge in [0.25, 0.3) is 5.91 Å². The number of piperidine rings is 1. The Morgan fingerprint density at radius 1 is 1.22 bits per heavy atom. The SMILES string of the molecule is Cc1cc(C(=O)N2CCC3(CC2)CC(C)(O)CCO3)cc(S(N)(=O)=O)c1C. The summed E-state index contributed by atoms with van der Waals surface area (Å²) in [6.07, 6.45) is 2.50. The van der Waals surface area contributed by atoms with Crippen molar-refractivity contribution in [1.82, 2.24) is 4.90 Å². The van der Waals surface area contributed by atoms with E-state index in [-0.39, 0.29) is 16.4 Å². The van der Waals surface area contributed by atoms with Gasteiger partial charge in [0.15, 0.2) is 0 Å². The van der Waals surface area contributed by atoms with Crippen LogP contribution in [-0.4, -0.2) is 55.2 Å². The third-order valence-electron chi connectivity index (χ3n) is 5.89. The quantitative estimate of drug-likeness (QED) is 0.787. The van der Waals surface area contributed by atoms with Crippen LogP contribution in [0.1, 0.15) is 54.1 Å². The van der Waals surface area contributed by atoms with Gasteiger partial charge in [0.2, 0.25) is 10.0 Å². The van der Waals surface area contributed by atoms with Crippen molar-refractivity contribution in [3.63, 3.8) is 0 Å². The standard InChI is InChI=1S/C19H28N2O5S/c1-13-10-15(11-16(14(13)2)27(20,24)25)17(22)21-7-4-19(5-8-21)12-18(3,23)6-9-26-19/h10-11,23H,4-9,12H2,1-3H3,(H2,20,24,25). The molecule has 7 nitrogen and oxygen atoms in total. The van der Waals surface area contributed by atoms with Crippen LogP contribution in [0, 0.1) is 13.8 Å². The molecule has 2 heterocycles. The molecule has 0 aliphatic carbocycles. The van der Waals surface area contributed by atoms with Gasteiger partial charge in [-0.1, -0.05) is 0 Å². The zero-order valence-corrected chi connectivity index (χ0v) is 16.9. The Balaban J connectivity index is 1.78. The number of primary sulfonamides is 1. The molecule has 0 aromatic heterocycles. The molecule has 0 saturated carbocycles. The lowest BCUT2D eigenvalue weighted by molar-refractivity contribution is -0.170. The van der Waals surface area contributed by atoms with Gasteiger partial charge < -0.3 is 14.7 Å². The van der Waals surface area contributed by atoms with Crippen LogP contribution in [0.15, 0.2) is 17.0 Å². The van der Waals surface area contributed by atoms with E-state index in [2.05, 4.69) is 0 Å². The second kappa shape index (κ2) is 6.84. The van der Waals surface area contributed by atoms with Crippen LogP contribution in [-0.2, 0) is 14.8 Å². The number of nitrogens with zero attached hydrogens (tertiary/aromatic N) is 1. The highest BCUT2D eigenvalue weighted by molar-refractivity contribution is 7.89. The highest BCUT2D eigenvalue weighted by atomic mass is 32.2. The fourth-order valence-corrected chi connectivity index (χ4v) is 5.07. The molecule has 3 rings (SSSR count). The molecule has 2 aliphatic heterocycles. The van der Waals surface area contributed by atoms with Crippen LogP contribution in [0.25, 0.3) is 0 Å². The van der Waals surface area contributed by atoms with E-state index in [1.54, 1.807) is 24.8 Å². The lowest BCUT2D eigenvalue weighted by Crippen LogP contribution is -2.54. The van der Waals surface area contributed by atoms with E-state index in [0.717, 1.165) is 0 Å². The maximum absolute atomic E-state index is 12.9. The molecule has 27 heavy (non-hydrogen) atoms. The number of likely N-dealkylation sites (tertiary alicyclic amines) is 1. The first-order valence-corrected chi connectivity index (χ1v) is 10.8. The zero-order chi connectivity index (χ0) is 20.0. The molecular weight excluding hydrogens is 368 g/mol. The smallest absolute Gasteiger partial charge is 0.253 e. The highest BCUT2D eigenvalue weighted by Crippen LogP contribution is 2.39. The minimum Gasteiger partial charge on any atom is -0.390 e. The zero-order valence-electron chi connectivity index (χ0n) is 16.1. The Bertz CT molecular complexity index is 855. The van der Waals surface area contributed by atoms with Gasteiger partial charge in [-0.15, -0.1) is 0 Å². The van der Waals surface area contributed by atoms with Crippen molar-refractivity contribution >= 4 is 15.9 Å². The summed E-state index contributed by atoms with van der Waals surface area (Å²) in [6.45, 7) is 6.82. The van der Waals surface area contributed by atoms with Crippen LogP contribution >= 0.6 is 0 Å². The molecule has 0 bridgehead atoms. The third kappa shape index (κ3) is 4.18. The van der Waals surface area contributed by atoms with Crippen molar-refractivity contribution in [1.29, 1.82) is 0 Å². The first-order chi connectivity index (χ1) is 12.4. The maximum atomic E-state index is 12.9. The van der Waals surface area contributed by atoms with E-state index >= 15 is 0 Å². The summed E-state index contributed by atoms with van der Waals surface area (Å²) in [4.78, 5) is 14.6. The average molecular weight is 397 g/mol. The number of hydrogen-bond donors (Lipinski definition) is 2. The molecule has 3 N–H and O–H groups in total. The normalized spacial score (nSPS) is 25.6. The molecule has 0 radical (unpaired) electrons. The minimum atomic E-state index is -3.90. The van der Waals surface area contributed by atoms with Gasteiger partial charge in [0.05, 0.1) is 22.7 Å². The highest BCUT2D eigenvalue weighted by Gasteiger charge is 2.45. The van der Waals surface area contributed by atoms with Crippen molar-refractivity contribution < 1.29 is 23.1 Å². The molecule has 2 aliphatic rings. The topological polar surface area (TPSA) is 110 Å². The summed E-state index contributed by atoms with van der Waals surface area (Å²) in [7, 11) is -3.90. The number of rotatable bonds is 2. The number of ether oxygens (including phenoxy) is 1. The van der Waals surface area contributed by atoms with Gasteiger partial charge in [0, 0.05) is 25.1 Å². The molecule has 1 spiro atoms. The van der Waals surface area contributed by atoms with Crippen LogP contribution in [0.5, 0.6) is 0 Å². The summed E-state index contributed by atoms with van der Waals surface area (Å²) < 4.78 is 29.6. The predicted octanol–water partition coefficient (Wildman–Crippen LogP) is 1.49. The first-order valence-electron chi connectivity index (χ1n) is 9.22. The predicted molar refractivity (Wildman–Crippen MR) is 101 cm³/mol. The molecule has 150 valence electrons. The first kappa shape index (κ1) is 20.3. The van der Waals surface area contributed by atoms with Gasteiger partial charge in [0.1, 0.15) is 0 Å². The Hall–Kier alpha value is -1.48. The third-order valence-corrected chi connectivity index (χ3v) is 6.92. The molecule has 1 unspecified atom stereocenters. The molecule has 8 heteroatoms. The lowest BCUT2D eigenvalue weighted by Gasteiger charge is -2.48. The number of benzene rings is 1. The second-order valence-electron chi connectivity index (χ2n) is 8.21. The van der Waals surface area contributed by atoms with Crippen LogP contribution < -0.4 is 5.14 Å². The summed E-state index contributed by atoms with van der Waals surface area (Å²) in [6, 6.07) is 3.07. The van der Waals surface area contributed by atoms with Crippen molar-refractivity contribution in [3.05, 3.63) is 28.8 Å². The molecule has 2 saturated heterocycles. The van der Waals surface area contributed by atoms with Crippen LogP contribution in [0.4, 0.5) is 0 Å². The summed E-state index contributed by atoms with van der Waals surface area (Å²) >= 11 is 0. The number of hydrogen-bond acceptors (Lipinski definition) is 5. The number of carbonyl (C=O) groups is 1. The van der Waals surface area contributed by atoms with Gasteiger partial charge in [-0.25, -0.2) is 13.6 Å². The van der Waals surface area contributed by atoms with Crippen molar-refractivity contribution in [2.75, 3.05) is 19.7 Å². The summed E-state index contributed by atoms with van der Waals surface area (Å²) in [5.41, 5.74) is 0.486. The fourth-order valence-electron chi connectivity index (χ4n) is 4.19. The minimum absolute atomic E-state index is 0.00834. The largest absolute Gasteiger partial charge is 0.390 e. The number of nitrogens with two attached hydrogens (primary N) is 1. The Labute approximate surface area is 160 Å². The van der Waals surface area contributed by atoms with E-state index in [0.29, 0.717) is 62.1 Å². The fraction of sp³-hybridized carbons (Fsp3) is 0.632. The molecule has 1 atom stereocenters. The molecule has 1 aromatic carbocycles. The molecule has 1 aromatic rings. The Kier molecular flexibility index (Phi) is 5.14. The van der Waals surface area contributed by atoms with Gasteiger partial charge in [-0.3, -0.25) is 4.79 Å². The van der Waals surface area contributed by atoms with E-state index in [1.165, 1.54) is 6.07 Å². The van der Waals surface area contributed by atoms with Crippen LogP contribution in [0.3, 0.4) is 0 Å². The van der Waals surface area contributed by atoms with E-state index < -0.39 is 15.6 Å². The summed E-state index contributed by atoms with van der Waals surface area (Å²) in [5, 5.41) is 15.7. The van der Waals surface area contributed by atoms with E-state index in [4.69, 9.17) is 9.88 Å². The number of aliphatic hydroxyl groups is 1. The summed E-state index contributed by atoms with van der Waals surface area (Å²) in [5.74, 6) is -0.208. The molecule has 1 amide bonds. The monoisotopic (exact) mass is 396 g/mol. The van der Waals surface area contributed by atoms with Gasteiger partial charge >= 0.3 is 0 Å². The van der Waals surface area contributed by atoms with E-state index in [9.17, 15) is 18.3 Å². The number of amides is 1. The number of carbonyl (C=O) groups excluding carboxylic acids is 1. The number of sulfonamides is 1. The van der Waals surface area contributed by atoms with Gasteiger partial charge in [-0.05, 0) is 63.3 Å². The Morgan fingerprint density at radius 2 is 1.85 bits per heavy atom. The lowest BCUT2D eigenvalue weighted by atomic mass is 9.78. The number of aryl methyl sites for hydroxylation is 1. The molecule has 2 fully saturated rings. The van der Waals surface area contributed by atoms with Crippen molar-refractivity contribution in [2.45, 2.75) is 62.6 Å². The van der Waals surface area contributed by atoms with Crippen LogP contribution in [0.2, 0.25) is 0 Å².